The Balaban J connectivity index is 1.61. The molecule has 1 aromatic heterocycles. The van der Waals surface area contributed by atoms with Gasteiger partial charge in [-0.3, -0.25) is 15.0 Å². The molecule has 0 spiro atoms. The summed E-state index contributed by atoms with van der Waals surface area (Å²) in [4.78, 5) is 14.2. The molecule has 128 valence electrons. The van der Waals surface area contributed by atoms with Gasteiger partial charge in [0.2, 0.25) is 11.0 Å². The van der Waals surface area contributed by atoms with Crippen LogP contribution >= 0.6 is 11.3 Å². The third-order valence-electron chi connectivity index (χ3n) is 4.07. The van der Waals surface area contributed by atoms with Crippen LogP contribution in [0.4, 0.5) is 5.13 Å². The van der Waals surface area contributed by atoms with Crippen LogP contribution in [0.2, 0.25) is 0 Å². The van der Waals surface area contributed by atoms with E-state index in [0.29, 0.717) is 24.9 Å². The normalized spacial score (nSPS) is 16.7. The predicted octanol–water partition coefficient (Wildman–Crippen LogP) is 2.35. The molecule has 0 radical (unpaired) electrons. The zero-order valence-electron chi connectivity index (χ0n) is 13.8. The highest BCUT2D eigenvalue weighted by molar-refractivity contribution is 7.15. The van der Waals surface area contributed by atoms with Crippen molar-refractivity contribution >= 4 is 22.4 Å². The summed E-state index contributed by atoms with van der Waals surface area (Å²) in [5, 5.41) is 12.8. The third-order valence-corrected chi connectivity index (χ3v) is 5.02. The van der Waals surface area contributed by atoms with Crippen molar-refractivity contribution in [3.05, 3.63) is 40.9 Å². The second kappa shape index (κ2) is 8.32. The number of morpholine rings is 1. The van der Waals surface area contributed by atoms with Gasteiger partial charge in [0.15, 0.2) is 0 Å². The number of anilines is 1. The first-order chi connectivity index (χ1) is 11.8. The van der Waals surface area contributed by atoms with Crippen molar-refractivity contribution < 1.29 is 9.53 Å². The van der Waals surface area contributed by atoms with E-state index in [1.54, 1.807) is 0 Å². The van der Waals surface area contributed by atoms with Gasteiger partial charge in [0.25, 0.3) is 0 Å². The average molecular weight is 346 g/mol. The summed E-state index contributed by atoms with van der Waals surface area (Å²) in [5.74, 6) is 0.168. The minimum absolute atomic E-state index is 0.0487. The molecular weight excluding hydrogens is 324 g/mol. The quantitative estimate of drug-likeness (QED) is 0.870. The summed E-state index contributed by atoms with van der Waals surface area (Å²) in [5.41, 5.74) is 1.22. The van der Waals surface area contributed by atoms with Gasteiger partial charge in [-0.1, -0.05) is 48.6 Å². The SMILES string of the molecule is CCC(c1ccccc1)c1nnc(NC(=O)CN2CCOCC2)s1. The van der Waals surface area contributed by atoms with E-state index in [4.69, 9.17) is 4.74 Å². The Morgan fingerprint density at radius 2 is 2.04 bits per heavy atom. The Morgan fingerprint density at radius 1 is 1.29 bits per heavy atom. The van der Waals surface area contributed by atoms with Gasteiger partial charge in [0.1, 0.15) is 5.01 Å². The summed E-state index contributed by atoms with van der Waals surface area (Å²) in [6, 6.07) is 10.3. The molecular formula is C17H22N4O2S. The zero-order chi connectivity index (χ0) is 16.8. The van der Waals surface area contributed by atoms with Crippen LogP contribution in [0.5, 0.6) is 0 Å². The number of ether oxygens (including phenoxy) is 1. The monoisotopic (exact) mass is 346 g/mol. The first-order valence-electron chi connectivity index (χ1n) is 8.24. The number of benzene rings is 1. The van der Waals surface area contributed by atoms with E-state index in [1.165, 1.54) is 16.9 Å². The molecule has 1 saturated heterocycles. The summed E-state index contributed by atoms with van der Waals surface area (Å²) in [6.07, 6.45) is 0.945. The van der Waals surface area contributed by atoms with Gasteiger partial charge in [0.05, 0.1) is 19.8 Å². The van der Waals surface area contributed by atoms with Gasteiger partial charge in [-0.25, -0.2) is 0 Å². The van der Waals surface area contributed by atoms with Crippen LogP contribution in [0.15, 0.2) is 30.3 Å². The fraction of sp³-hybridized carbons (Fsp3) is 0.471. The predicted molar refractivity (Wildman–Crippen MR) is 94.4 cm³/mol. The molecule has 1 aliphatic heterocycles. The molecule has 1 unspecified atom stereocenters. The van der Waals surface area contributed by atoms with Gasteiger partial charge in [-0.05, 0) is 12.0 Å². The van der Waals surface area contributed by atoms with Gasteiger partial charge in [-0.15, -0.1) is 10.2 Å². The highest BCUT2D eigenvalue weighted by Crippen LogP contribution is 2.31. The van der Waals surface area contributed by atoms with Crippen LogP contribution < -0.4 is 5.32 Å². The Bertz CT molecular complexity index is 656. The maximum absolute atomic E-state index is 12.1. The maximum Gasteiger partial charge on any atom is 0.240 e. The number of rotatable bonds is 6. The molecule has 0 bridgehead atoms. The fourth-order valence-electron chi connectivity index (χ4n) is 2.79. The van der Waals surface area contributed by atoms with E-state index >= 15 is 0 Å². The van der Waals surface area contributed by atoms with Crippen LogP contribution in [0.1, 0.15) is 29.8 Å². The highest BCUT2D eigenvalue weighted by Gasteiger charge is 2.19. The van der Waals surface area contributed by atoms with Crippen molar-refractivity contribution in [2.75, 3.05) is 38.2 Å². The Hall–Kier alpha value is -1.83. The molecule has 1 fully saturated rings. The zero-order valence-corrected chi connectivity index (χ0v) is 14.6. The van der Waals surface area contributed by atoms with Gasteiger partial charge < -0.3 is 4.74 Å². The molecule has 7 heteroatoms. The summed E-state index contributed by atoms with van der Waals surface area (Å²) < 4.78 is 5.29. The first-order valence-corrected chi connectivity index (χ1v) is 9.06. The molecule has 1 amide bonds. The topological polar surface area (TPSA) is 67.4 Å². The molecule has 0 saturated carbocycles. The Kier molecular flexibility index (Phi) is 5.90. The van der Waals surface area contributed by atoms with E-state index in [1.807, 2.05) is 18.2 Å². The van der Waals surface area contributed by atoms with E-state index in [2.05, 4.69) is 39.5 Å². The summed E-state index contributed by atoms with van der Waals surface area (Å²) >= 11 is 1.45. The van der Waals surface area contributed by atoms with Crippen LogP contribution in [-0.2, 0) is 9.53 Å². The molecule has 1 aliphatic rings. The van der Waals surface area contributed by atoms with Gasteiger partial charge in [0, 0.05) is 19.0 Å². The Morgan fingerprint density at radius 3 is 2.75 bits per heavy atom. The molecule has 3 rings (SSSR count). The third kappa shape index (κ3) is 4.37. The highest BCUT2D eigenvalue weighted by atomic mass is 32.1. The second-order valence-electron chi connectivity index (χ2n) is 5.75. The molecule has 24 heavy (non-hydrogen) atoms. The lowest BCUT2D eigenvalue weighted by Gasteiger charge is -2.25. The van der Waals surface area contributed by atoms with Crippen LogP contribution in [-0.4, -0.2) is 53.9 Å². The number of hydrogen-bond acceptors (Lipinski definition) is 6. The number of carbonyl (C=O) groups is 1. The van der Waals surface area contributed by atoms with Gasteiger partial charge in [-0.2, -0.15) is 0 Å². The lowest BCUT2D eigenvalue weighted by atomic mass is 9.97. The minimum atomic E-state index is -0.0487. The molecule has 2 aromatic rings. The molecule has 2 heterocycles. The standard InChI is InChI=1S/C17H22N4O2S/c1-2-14(13-6-4-3-5-7-13)16-19-20-17(24-16)18-15(22)12-21-8-10-23-11-9-21/h3-7,14H,2,8-12H2,1H3,(H,18,20,22). The average Bonchev–Trinajstić information content (AvgIpc) is 3.05. The lowest BCUT2D eigenvalue weighted by molar-refractivity contribution is -0.118. The number of hydrogen-bond donors (Lipinski definition) is 1. The van der Waals surface area contributed by atoms with Crippen molar-refractivity contribution in [2.24, 2.45) is 0 Å². The van der Waals surface area contributed by atoms with E-state index in [0.717, 1.165) is 24.5 Å². The largest absolute Gasteiger partial charge is 0.379 e. The maximum atomic E-state index is 12.1. The number of nitrogens with zero attached hydrogens (tertiary/aromatic N) is 3. The number of amides is 1. The van der Waals surface area contributed by atoms with E-state index in [9.17, 15) is 4.79 Å². The van der Waals surface area contributed by atoms with Crippen molar-refractivity contribution in [3.8, 4) is 0 Å². The fourth-order valence-corrected chi connectivity index (χ4v) is 3.76. The van der Waals surface area contributed by atoms with Crippen molar-refractivity contribution in [1.29, 1.82) is 0 Å². The second-order valence-corrected chi connectivity index (χ2v) is 6.76. The Labute approximate surface area is 145 Å². The first kappa shape index (κ1) is 17.0. The lowest BCUT2D eigenvalue weighted by Crippen LogP contribution is -2.41. The van der Waals surface area contributed by atoms with Crippen LogP contribution in [0, 0.1) is 0 Å². The smallest absolute Gasteiger partial charge is 0.240 e. The summed E-state index contributed by atoms with van der Waals surface area (Å²) in [6.45, 7) is 5.46. The van der Waals surface area contributed by atoms with Crippen LogP contribution in [0.3, 0.4) is 0 Å². The summed E-state index contributed by atoms with van der Waals surface area (Å²) in [7, 11) is 0. The van der Waals surface area contributed by atoms with Crippen molar-refractivity contribution in [2.45, 2.75) is 19.3 Å². The van der Waals surface area contributed by atoms with E-state index in [-0.39, 0.29) is 11.8 Å². The van der Waals surface area contributed by atoms with Crippen molar-refractivity contribution in [3.63, 3.8) is 0 Å². The minimum Gasteiger partial charge on any atom is -0.379 e. The van der Waals surface area contributed by atoms with E-state index < -0.39 is 0 Å². The van der Waals surface area contributed by atoms with Gasteiger partial charge >= 0.3 is 0 Å². The molecule has 1 aromatic carbocycles. The number of aromatic nitrogens is 2. The number of nitrogens with one attached hydrogen (secondary N) is 1. The molecule has 0 aliphatic carbocycles. The van der Waals surface area contributed by atoms with Crippen molar-refractivity contribution in [1.82, 2.24) is 15.1 Å². The molecule has 1 atom stereocenters. The number of carbonyl (C=O) groups excluding carboxylic acids is 1. The van der Waals surface area contributed by atoms with Crippen LogP contribution in [0.25, 0.3) is 0 Å². The molecule has 6 nitrogen and oxygen atoms in total. The molecule has 1 N–H and O–H groups in total.